The number of fused-ring (bicyclic) bond motifs is 1. The fraction of sp³-hybridized carbons (Fsp3) is 0.462. The molecule has 0 fully saturated rings. The summed E-state index contributed by atoms with van der Waals surface area (Å²) in [4.78, 5) is 20.3. The van der Waals surface area contributed by atoms with Crippen molar-refractivity contribution >= 4 is 11.6 Å². The molecule has 2 heterocycles. The van der Waals surface area contributed by atoms with Crippen LogP contribution in [0.5, 0.6) is 5.88 Å². The van der Waals surface area contributed by atoms with E-state index >= 15 is 0 Å². The van der Waals surface area contributed by atoms with Gasteiger partial charge in [-0.15, -0.1) is 0 Å². The number of ketones is 1. The first-order chi connectivity index (χ1) is 8.62. The van der Waals surface area contributed by atoms with Gasteiger partial charge in [-0.25, -0.2) is 4.98 Å². The zero-order chi connectivity index (χ0) is 13.3. The second-order valence-corrected chi connectivity index (χ2v) is 4.11. The molecule has 0 saturated carbocycles. The molecule has 96 valence electrons. The van der Waals surface area contributed by atoms with Gasteiger partial charge >= 0.3 is 0 Å². The Bertz CT molecular complexity index is 602. The lowest BCUT2D eigenvalue weighted by molar-refractivity contribution is 0.0984. The topological polar surface area (TPSA) is 56.5 Å². The SMILES string of the molecule is CCC(=O)c1cn2c(C)c(CC)c(OC)nc2n1. The smallest absolute Gasteiger partial charge is 0.237 e. The van der Waals surface area contributed by atoms with E-state index in [0.717, 1.165) is 17.7 Å². The summed E-state index contributed by atoms with van der Waals surface area (Å²) in [7, 11) is 1.60. The first-order valence-corrected chi connectivity index (χ1v) is 6.08. The van der Waals surface area contributed by atoms with Gasteiger partial charge < -0.3 is 4.74 Å². The minimum Gasteiger partial charge on any atom is -0.481 e. The number of Topliss-reactive ketones (excluding diaryl/α,β-unsaturated/α-hetero) is 1. The maximum absolute atomic E-state index is 11.7. The van der Waals surface area contributed by atoms with Crippen molar-refractivity contribution in [3.05, 3.63) is 23.1 Å². The summed E-state index contributed by atoms with van der Waals surface area (Å²) >= 11 is 0. The summed E-state index contributed by atoms with van der Waals surface area (Å²) in [5.41, 5.74) is 2.52. The molecule has 0 aromatic carbocycles. The molecule has 0 spiro atoms. The van der Waals surface area contributed by atoms with Gasteiger partial charge in [0.25, 0.3) is 0 Å². The van der Waals surface area contributed by atoms with Gasteiger partial charge in [0.2, 0.25) is 11.7 Å². The van der Waals surface area contributed by atoms with Crippen LogP contribution in [0.1, 0.15) is 42.0 Å². The molecule has 0 bridgehead atoms. The molecular formula is C13H17N3O2. The van der Waals surface area contributed by atoms with Gasteiger partial charge in [-0.1, -0.05) is 13.8 Å². The largest absolute Gasteiger partial charge is 0.481 e. The van der Waals surface area contributed by atoms with Crippen LogP contribution in [-0.2, 0) is 6.42 Å². The molecule has 0 saturated heterocycles. The van der Waals surface area contributed by atoms with Crippen LogP contribution in [0.2, 0.25) is 0 Å². The van der Waals surface area contributed by atoms with E-state index < -0.39 is 0 Å². The maximum atomic E-state index is 11.7. The van der Waals surface area contributed by atoms with Gasteiger partial charge in [0.15, 0.2) is 5.78 Å². The van der Waals surface area contributed by atoms with E-state index in [1.165, 1.54) is 0 Å². The van der Waals surface area contributed by atoms with Gasteiger partial charge in [-0.3, -0.25) is 9.20 Å². The second-order valence-electron chi connectivity index (χ2n) is 4.11. The van der Waals surface area contributed by atoms with E-state index in [0.29, 0.717) is 23.8 Å². The average molecular weight is 247 g/mol. The van der Waals surface area contributed by atoms with Crippen molar-refractivity contribution in [2.45, 2.75) is 33.6 Å². The predicted octanol–water partition coefficient (Wildman–Crippen LogP) is 2.20. The number of ether oxygens (including phenoxy) is 1. The molecule has 5 heteroatoms. The molecule has 0 aliphatic carbocycles. The van der Waals surface area contributed by atoms with E-state index in [1.54, 1.807) is 13.3 Å². The van der Waals surface area contributed by atoms with Crippen molar-refractivity contribution in [1.82, 2.24) is 14.4 Å². The van der Waals surface area contributed by atoms with Crippen LogP contribution in [0.25, 0.3) is 5.78 Å². The second kappa shape index (κ2) is 4.76. The fourth-order valence-corrected chi connectivity index (χ4v) is 2.05. The summed E-state index contributed by atoms with van der Waals surface area (Å²) in [5.74, 6) is 1.12. The highest BCUT2D eigenvalue weighted by Crippen LogP contribution is 2.22. The van der Waals surface area contributed by atoms with Crippen molar-refractivity contribution in [1.29, 1.82) is 0 Å². The third kappa shape index (κ3) is 1.85. The minimum absolute atomic E-state index is 0.0249. The highest BCUT2D eigenvalue weighted by atomic mass is 16.5. The summed E-state index contributed by atoms with van der Waals surface area (Å²) in [6.45, 7) is 5.86. The van der Waals surface area contributed by atoms with Gasteiger partial charge in [0, 0.05) is 23.9 Å². The standard InChI is InChI=1S/C13H17N3O2/c1-5-9-8(3)16-7-10(11(17)6-2)14-13(16)15-12(9)18-4/h7H,5-6H2,1-4H3. The number of methoxy groups -OCH3 is 1. The number of carbonyl (C=O) groups is 1. The van der Waals surface area contributed by atoms with Crippen LogP contribution in [0, 0.1) is 6.92 Å². The number of carbonyl (C=O) groups excluding carboxylic acids is 1. The van der Waals surface area contributed by atoms with Gasteiger partial charge in [0.05, 0.1) is 7.11 Å². The lowest BCUT2D eigenvalue weighted by atomic mass is 10.2. The zero-order valence-electron chi connectivity index (χ0n) is 11.1. The highest BCUT2D eigenvalue weighted by Gasteiger charge is 2.15. The molecule has 2 aromatic heterocycles. The van der Waals surface area contributed by atoms with E-state index in [1.807, 2.05) is 25.2 Å². The molecule has 2 aromatic rings. The Balaban J connectivity index is 2.69. The average Bonchev–Trinajstić information content (AvgIpc) is 2.81. The molecular weight excluding hydrogens is 230 g/mol. The number of aryl methyl sites for hydroxylation is 1. The highest BCUT2D eigenvalue weighted by molar-refractivity contribution is 5.94. The summed E-state index contributed by atoms with van der Waals surface area (Å²) in [5, 5.41) is 0. The van der Waals surface area contributed by atoms with Crippen molar-refractivity contribution in [3.63, 3.8) is 0 Å². The van der Waals surface area contributed by atoms with Crippen LogP contribution in [0.15, 0.2) is 6.20 Å². The van der Waals surface area contributed by atoms with E-state index in [-0.39, 0.29) is 5.78 Å². The van der Waals surface area contributed by atoms with Crippen LogP contribution < -0.4 is 4.74 Å². The number of imidazole rings is 1. The number of hydrogen-bond acceptors (Lipinski definition) is 4. The Labute approximate surface area is 106 Å². The molecule has 0 aliphatic heterocycles. The third-order valence-electron chi connectivity index (χ3n) is 3.10. The van der Waals surface area contributed by atoms with Crippen LogP contribution >= 0.6 is 0 Å². The molecule has 2 rings (SSSR count). The Hall–Kier alpha value is -1.91. The summed E-state index contributed by atoms with van der Waals surface area (Å²) in [6.07, 6.45) is 3.02. The molecule has 0 unspecified atom stereocenters. The summed E-state index contributed by atoms with van der Waals surface area (Å²) in [6, 6.07) is 0. The molecule has 18 heavy (non-hydrogen) atoms. The van der Waals surface area contributed by atoms with Crippen molar-refractivity contribution < 1.29 is 9.53 Å². The number of nitrogens with zero attached hydrogens (tertiary/aromatic N) is 3. The molecule has 0 radical (unpaired) electrons. The van der Waals surface area contributed by atoms with E-state index in [9.17, 15) is 4.79 Å². The van der Waals surface area contributed by atoms with Crippen LogP contribution in [0.3, 0.4) is 0 Å². The quantitative estimate of drug-likeness (QED) is 0.777. The Morgan fingerprint density at radius 2 is 2.11 bits per heavy atom. The van der Waals surface area contributed by atoms with Crippen LogP contribution in [0.4, 0.5) is 0 Å². The normalized spacial score (nSPS) is 10.9. The Morgan fingerprint density at radius 3 is 2.67 bits per heavy atom. The van der Waals surface area contributed by atoms with Gasteiger partial charge in [0.1, 0.15) is 5.69 Å². The molecule has 0 atom stereocenters. The fourth-order valence-electron chi connectivity index (χ4n) is 2.05. The van der Waals surface area contributed by atoms with Crippen molar-refractivity contribution in [3.8, 4) is 5.88 Å². The predicted molar refractivity (Wildman–Crippen MR) is 68.3 cm³/mol. The van der Waals surface area contributed by atoms with Crippen molar-refractivity contribution in [2.75, 3.05) is 7.11 Å². The van der Waals surface area contributed by atoms with Crippen LogP contribution in [-0.4, -0.2) is 27.3 Å². The Morgan fingerprint density at radius 1 is 1.39 bits per heavy atom. The number of rotatable bonds is 4. The third-order valence-corrected chi connectivity index (χ3v) is 3.10. The van der Waals surface area contributed by atoms with E-state index in [2.05, 4.69) is 9.97 Å². The first kappa shape index (κ1) is 12.5. The molecule has 0 aliphatic rings. The summed E-state index contributed by atoms with van der Waals surface area (Å²) < 4.78 is 7.12. The Kier molecular flexibility index (Phi) is 3.32. The first-order valence-electron chi connectivity index (χ1n) is 6.08. The lowest BCUT2D eigenvalue weighted by Gasteiger charge is -2.10. The minimum atomic E-state index is 0.0249. The van der Waals surface area contributed by atoms with E-state index in [4.69, 9.17) is 4.74 Å². The maximum Gasteiger partial charge on any atom is 0.237 e. The zero-order valence-corrected chi connectivity index (χ0v) is 11.1. The number of aromatic nitrogens is 3. The van der Waals surface area contributed by atoms with Crippen molar-refractivity contribution in [2.24, 2.45) is 0 Å². The van der Waals surface area contributed by atoms with Gasteiger partial charge in [-0.05, 0) is 13.3 Å². The molecule has 0 N–H and O–H groups in total. The molecule has 5 nitrogen and oxygen atoms in total. The molecule has 0 amide bonds. The number of hydrogen-bond donors (Lipinski definition) is 0. The lowest BCUT2D eigenvalue weighted by Crippen LogP contribution is -2.03. The monoisotopic (exact) mass is 247 g/mol. The van der Waals surface area contributed by atoms with Gasteiger partial charge in [-0.2, -0.15) is 4.98 Å².